The molecule has 0 aliphatic carbocycles. The third kappa shape index (κ3) is 3.96. The Morgan fingerprint density at radius 3 is 1.62 bits per heavy atom. The average Bonchev–Trinajstić information content (AvgIpc) is 2.60. The number of aromatic amines is 2. The van der Waals surface area contributed by atoms with Gasteiger partial charge in [0, 0.05) is 0 Å². The van der Waals surface area contributed by atoms with Gasteiger partial charge < -0.3 is 34.0 Å². The molecular formula is C8H8Br2N2Zr. The van der Waals surface area contributed by atoms with Gasteiger partial charge in [0.25, 0.3) is 0 Å². The molecule has 68 valence electrons. The van der Waals surface area contributed by atoms with Crippen molar-refractivity contribution in [2.45, 2.75) is 0 Å². The van der Waals surface area contributed by atoms with E-state index >= 15 is 0 Å². The van der Waals surface area contributed by atoms with Crippen LogP contribution in [0, 0.1) is 0 Å². The van der Waals surface area contributed by atoms with E-state index in [4.69, 9.17) is 0 Å². The van der Waals surface area contributed by atoms with Crippen molar-refractivity contribution in [2.24, 2.45) is 0 Å². The summed E-state index contributed by atoms with van der Waals surface area (Å²) in [4.78, 5) is 6.46. The van der Waals surface area contributed by atoms with Crippen LogP contribution in [-0.2, 0) is 23.2 Å². The molecule has 0 aliphatic rings. The molecule has 0 aliphatic heterocycles. The second-order valence-corrected chi connectivity index (χ2v) is 5.56. The summed E-state index contributed by atoms with van der Waals surface area (Å²) in [6, 6.07) is 8.43. The van der Waals surface area contributed by atoms with Crippen molar-refractivity contribution in [3.8, 4) is 0 Å². The number of aromatic nitrogens is 2. The first-order valence-corrected chi connectivity index (χ1v) is 5.95. The summed E-state index contributed by atoms with van der Waals surface area (Å²) in [5, 5.41) is 0. The van der Waals surface area contributed by atoms with Gasteiger partial charge in [0.2, 0.25) is 0 Å². The van der Waals surface area contributed by atoms with Crippen molar-refractivity contribution in [1.29, 1.82) is 0 Å². The molecular weight excluding hydrogens is 375 g/mol. The Labute approximate surface area is 110 Å². The summed E-state index contributed by atoms with van der Waals surface area (Å²) in [6.07, 6.45) is 3.97. The van der Waals surface area contributed by atoms with Gasteiger partial charge in [-0.2, -0.15) is 0 Å². The molecule has 2 nitrogen and oxygen atoms in total. The Morgan fingerprint density at radius 1 is 0.846 bits per heavy atom. The van der Waals surface area contributed by atoms with Gasteiger partial charge in [-0.1, -0.05) is 0 Å². The van der Waals surface area contributed by atoms with Crippen molar-refractivity contribution >= 4 is 6.80 Å². The van der Waals surface area contributed by atoms with E-state index < -0.39 is 23.2 Å². The van der Waals surface area contributed by atoms with Crippen molar-refractivity contribution in [3.63, 3.8) is 0 Å². The second kappa shape index (κ2) is 6.80. The molecule has 0 amide bonds. The maximum atomic E-state index is 3.23. The van der Waals surface area contributed by atoms with Gasteiger partial charge in [-0.25, -0.2) is 0 Å². The summed E-state index contributed by atoms with van der Waals surface area (Å²) >= 11 is -0.534. The van der Waals surface area contributed by atoms with Crippen molar-refractivity contribution in [1.82, 2.24) is 9.97 Å². The zero-order valence-electron chi connectivity index (χ0n) is 6.72. The fraction of sp³-hybridized carbons (Fsp3) is 0. The Morgan fingerprint density at radius 2 is 1.31 bits per heavy atom. The monoisotopic (exact) mass is 380 g/mol. The first kappa shape index (κ1) is 13.4. The normalized spacial score (nSPS) is 8.00. The minimum atomic E-state index is -0.534. The van der Waals surface area contributed by atoms with Gasteiger partial charge in [-0.05, 0) is 0 Å². The maximum absolute atomic E-state index is 3.23. The molecule has 0 saturated carbocycles. The van der Waals surface area contributed by atoms with Crippen LogP contribution in [0.4, 0.5) is 0 Å². The SMILES string of the molecule is [Br-].[Br-].c1c[nH][c]([Zr+2][c]2ccc[nH]2)c1. The Balaban J connectivity index is 0.000000720. The Hall–Kier alpha value is 0.403. The first-order chi connectivity index (χ1) is 5.45. The number of nitrogens with one attached hydrogen (secondary N) is 2. The quantitative estimate of drug-likeness (QED) is 0.519. The summed E-state index contributed by atoms with van der Waals surface area (Å²) in [5.74, 6) is 0. The van der Waals surface area contributed by atoms with E-state index in [1.54, 1.807) is 0 Å². The van der Waals surface area contributed by atoms with Crippen molar-refractivity contribution in [3.05, 3.63) is 36.7 Å². The molecule has 0 fully saturated rings. The van der Waals surface area contributed by atoms with Gasteiger partial charge in [0.05, 0.1) is 0 Å². The summed E-state index contributed by atoms with van der Waals surface area (Å²) in [6.45, 7) is 0. The zero-order valence-corrected chi connectivity index (χ0v) is 12.4. The van der Waals surface area contributed by atoms with E-state index in [1.807, 2.05) is 12.4 Å². The molecule has 0 spiro atoms. The summed E-state index contributed by atoms with van der Waals surface area (Å²) in [7, 11) is 0. The number of halogens is 2. The first-order valence-electron chi connectivity index (χ1n) is 3.49. The molecule has 5 heteroatoms. The van der Waals surface area contributed by atoms with Crippen LogP contribution in [0.3, 0.4) is 0 Å². The molecule has 0 radical (unpaired) electrons. The van der Waals surface area contributed by atoms with Crippen LogP contribution in [0.15, 0.2) is 36.7 Å². The predicted octanol–water partition coefficient (Wildman–Crippen LogP) is -5.62. The van der Waals surface area contributed by atoms with Gasteiger partial charge in [-0.3, -0.25) is 0 Å². The molecule has 2 N–H and O–H groups in total. The van der Waals surface area contributed by atoms with E-state index in [1.165, 1.54) is 6.80 Å². The number of hydrogen-bond donors (Lipinski definition) is 2. The molecule has 2 aromatic rings. The molecule has 0 atom stereocenters. The molecule has 0 unspecified atom stereocenters. The molecule has 2 rings (SSSR count). The Bertz CT molecular complexity index is 273. The molecule has 0 saturated heterocycles. The summed E-state index contributed by atoms with van der Waals surface area (Å²) in [5.41, 5.74) is 0. The fourth-order valence-electron chi connectivity index (χ4n) is 0.961. The second-order valence-electron chi connectivity index (χ2n) is 2.29. The molecule has 13 heavy (non-hydrogen) atoms. The van der Waals surface area contributed by atoms with Gasteiger partial charge >= 0.3 is 76.7 Å². The van der Waals surface area contributed by atoms with Crippen LogP contribution in [-0.4, -0.2) is 9.97 Å². The Kier molecular flexibility index (Phi) is 7.01. The molecule has 2 heterocycles. The van der Waals surface area contributed by atoms with Gasteiger partial charge in [0.15, 0.2) is 0 Å². The topological polar surface area (TPSA) is 31.6 Å². The van der Waals surface area contributed by atoms with Crippen LogP contribution in [0.1, 0.15) is 0 Å². The van der Waals surface area contributed by atoms with E-state index in [-0.39, 0.29) is 34.0 Å². The number of hydrogen-bond acceptors (Lipinski definition) is 0. The third-order valence-corrected chi connectivity index (χ3v) is 4.32. The van der Waals surface area contributed by atoms with E-state index in [2.05, 4.69) is 34.2 Å². The average molecular weight is 383 g/mol. The standard InChI is InChI=1S/2C4H4N.2BrH.Zr/c2*1-2-4-5-3-1;;;/h2*1-3,5H;2*1H;/q;;;;+2/p-2. The van der Waals surface area contributed by atoms with Crippen molar-refractivity contribution < 1.29 is 57.2 Å². The van der Waals surface area contributed by atoms with Crippen LogP contribution < -0.4 is 40.8 Å². The molecule has 2 aromatic heterocycles. The van der Waals surface area contributed by atoms with E-state index in [9.17, 15) is 0 Å². The minimum absolute atomic E-state index is 0. The van der Waals surface area contributed by atoms with Crippen LogP contribution in [0.2, 0.25) is 0 Å². The van der Waals surface area contributed by atoms with Gasteiger partial charge in [-0.15, -0.1) is 0 Å². The van der Waals surface area contributed by atoms with Crippen LogP contribution in [0.25, 0.3) is 0 Å². The fourth-order valence-corrected chi connectivity index (χ4v) is 3.32. The van der Waals surface area contributed by atoms with Crippen molar-refractivity contribution in [2.75, 3.05) is 0 Å². The zero-order chi connectivity index (χ0) is 7.52. The van der Waals surface area contributed by atoms with E-state index in [0.29, 0.717) is 0 Å². The molecule has 0 aromatic carbocycles. The van der Waals surface area contributed by atoms with Gasteiger partial charge in [0.1, 0.15) is 0 Å². The summed E-state index contributed by atoms with van der Waals surface area (Å²) < 4.78 is 2.83. The molecule has 0 bridgehead atoms. The third-order valence-electron chi connectivity index (χ3n) is 1.47. The predicted molar refractivity (Wildman–Crippen MR) is 40.9 cm³/mol. The van der Waals surface area contributed by atoms with E-state index in [0.717, 1.165) is 0 Å². The number of rotatable bonds is 2. The van der Waals surface area contributed by atoms with Crippen LogP contribution in [0.5, 0.6) is 0 Å². The van der Waals surface area contributed by atoms with Crippen LogP contribution >= 0.6 is 0 Å². The number of H-pyrrole nitrogens is 2.